The molecule has 0 fully saturated rings. The second kappa shape index (κ2) is 7.52. The number of hydrogen-bond donors (Lipinski definition) is 1. The van der Waals surface area contributed by atoms with Crippen molar-refractivity contribution >= 4 is 33.3 Å². The molecule has 3 aromatic carbocycles. The molecule has 0 atom stereocenters. The van der Waals surface area contributed by atoms with Crippen molar-refractivity contribution in [1.29, 1.82) is 0 Å². The molecule has 0 aliphatic rings. The third kappa shape index (κ3) is 3.47. The molecule has 1 N–H and O–H groups in total. The van der Waals surface area contributed by atoms with Crippen LogP contribution in [0.5, 0.6) is 5.88 Å². The van der Waals surface area contributed by atoms with Crippen LogP contribution in [0.2, 0.25) is 0 Å². The lowest BCUT2D eigenvalue weighted by molar-refractivity contribution is -0.137. The Bertz CT molecular complexity index is 1450. The molecule has 0 spiro atoms. The van der Waals surface area contributed by atoms with Crippen molar-refractivity contribution in [3.05, 3.63) is 78.6 Å². The largest absolute Gasteiger partial charge is 0.479 e. The molecular weight excluding hydrogens is 419 g/mol. The first kappa shape index (κ1) is 19.8. The van der Waals surface area contributed by atoms with Crippen molar-refractivity contribution in [2.45, 2.75) is 6.18 Å². The summed E-state index contributed by atoms with van der Waals surface area (Å²) in [5, 5.41) is 13.2. The van der Waals surface area contributed by atoms with Crippen molar-refractivity contribution in [2.24, 2.45) is 0 Å². The maximum Gasteiger partial charge on any atom is 0.416 e. The van der Waals surface area contributed by atoms with Crippen LogP contribution < -0.4 is 10.1 Å². The fourth-order valence-electron chi connectivity index (χ4n) is 3.59. The molecular formula is C23H16F3N5O. The van der Waals surface area contributed by atoms with Crippen LogP contribution >= 0.6 is 0 Å². The van der Waals surface area contributed by atoms with Crippen LogP contribution in [0.1, 0.15) is 5.56 Å². The number of nitrogens with one attached hydrogen (secondary N) is 1. The van der Waals surface area contributed by atoms with Gasteiger partial charge in [-0.15, -0.1) is 10.2 Å². The molecule has 0 saturated heterocycles. The fourth-order valence-corrected chi connectivity index (χ4v) is 3.59. The number of fused-ring (bicyclic) bond motifs is 2. The van der Waals surface area contributed by atoms with Gasteiger partial charge in [0.2, 0.25) is 5.88 Å². The first-order valence-corrected chi connectivity index (χ1v) is 9.65. The summed E-state index contributed by atoms with van der Waals surface area (Å²) in [5.41, 5.74) is 1.70. The van der Waals surface area contributed by atoms with Crippen LogP contribution in [0.4, 0.5) is 24.7 Å². The number of hydrogen-bond acceptors (Lipinski definition) is 5. The van der Waals surface area contributed by atoms with E-state index in [-0.39, 0.29) is 0 Å². The third-order valence-electron chi connectivity index (χ3n) is 5.11. The average molecular weight is 435 g/mol. The smallest absolute Gasteiger partial charge is 0.416 e. The second-order valence-corrected chi connectivity index (χ2v) is 7.09. The number of halogens is 3. The third-order valence-corrected chi connectivity index (χ3v) is 5.11. The summed E-state index contributed by atoms with van der Waals surface area (Å²) < 4.78 is 46.2. The molecule has 0 aliphatic carbocycles. The Balaban J connectivity index is 1.51. The number of rotatable bonds is 4. The molecule has 2 aromatic heterocycles. The van der Waals surface area contributed by atoms with Crippen molar-refractivity contribution < 1.29 is 17.9 Å². The van der Waals surface area contributed by atoms with E-state index in [9.17, 15) is 13.2 Å². The molecule has 0 unspecified atom stereocenters. The second-order valence-electron chi connectivity index (χ2n) is 7.09. The zero-order valence-electron chi connectivity index (χ0n) is 16.8. The van der Waals surface area contributed by atoms with E-state index < -0.39 is 11.7 Å². The zero-order chi connectivity index (χ0) is 22.3. The number of ether oxygens (including phenoxy) is 1. The minimum absolute atomic E-state index is 0.384. The van der Waals surface area contributed by atoms with Gasteiger partial charge in [-0.1, -0.05) is 24.3 Å². The number of alkyl halides is 3. The highest BCUT2D eigenvalue weighted by molar-refractivity contribution is 5.96. The zero-order valence-corrected chi connectivity index (χ0v) is 16.8. The maximum atomic E-state index is 13.1. The Morgan fingerprint density at radius 1 is 0.906 bits per heavy atom. The normalized spacial score (nSPS) is 11.8. The topological polar surface area (TPSA) is 64.9 Å². The molecule has 0 bridgehead atoms. The summed E-state index contributed by atoms with van der Waals surface area (Å²) in [5.74, 6) is 0.986. The maximum absolute atomic E-state index is 13.1. The number of aromatic nitrogens is 4. The van der Waals surface area contributed by atoms with E-state index in [1.807, 2.05) is 30.3 Å². The number of imidazole rings is 1. The lowest BCUT2D eigenvalue weighted by Crippen LogP contribution is -2.05. The van der Waals surface area contributed by atoms with Gasteiger partial charge in [0.15, 0.2) is 5.82 Å². The van der Waals surface area contributed by atoms with Gasteiger partial charge < -0.3 is 10.1 Å². The average Bonchev–Trinajstić information content (AvgIpc) is 3.22. The highest BCUT2D eigenvalue weighted by atomic mass is 19.4. The lowest BCUT2D eigenvalue weighted by Gasteiger charge is -2.11. The molecule has 32 heavy (non-hydrogen) atoms. The Labute approximate surface area is 180 Å². The fraction of sp³-hybridized carbons (Fsp3) is 0.0870. The van der Waals surface area contributed by atoms with E-state index >= 15 is 0 Å². The Morgan fingerprint density at radius 2 is 1.72 bits per heavy atom. The Hall–Kier alpha value is -4.14. The van der Waals surface area contributed by atoms with Gasteiger partial charge in [-0.2, -0.15) is 13.2 Å². The number of nitrogens with zero attached hydrogens (tertiary/aromatic N) is 4. The van der Waals surface area contributed by atoms with Crippen LogP contribution in [0.25, 0.3) is 27.5 Å². The summed E-state index contributed by atoms with van der Waals surface area (Å²) in [4.78, 5) is 4.36. The van der Waals surface area contributed by atoms with Crippen molar-refractivity contribution in [2.75, 3.05) is 12.4 Å². The van der Waals surface area contributed by atoms with Crippen LogP contribution in [0, 0.1) is 0 Å². The summed E-state index contributed by atoms with van der Waals surface area (Å²) in [6, 6.07) is 18.2. The summed E-state index contributed by atoms with van der Waals surface area (Å²) in [6.45, 7) is 0. The molecule has 5 aromatic rings. The molecule has 0 radical (unpaired) electrons. The van der Waals surface area contributed by atoms with Crippen LogP contribution in [-0.4, -0.2) is 26.9 Å². The van der Waals surface area contributed by atoms with E-state index in [4.69, 9.17) is 4.74 Å². The summed E-state index contributed by atoms with van der Waals surface area (Å²) in [6.07, 6.45) is -2.90. The van der Waals surface area contributed by atoms with Gasteiger partial charge >= 0.3 is 6.18 Å². The van der Waals surface area contributed by atoms with Gasteiger partial charge in [0, 0.05) is 22.1 Å². The molecule has 2 heterocycles. The number of methoxy groups -OCH3 is 1. The van der Waals surface area contributed by atoms with Gasteiger partial charge in [-0.3, -0.25) is 4.57 Å². The molecule has 0 aliphatic heterocycles. The minimum Gasteiger partial charge on any atom is -0.479 e. The van der Waals surface area contributed by atoms with E-state index in [0.29, 0.717) is 28.4 Å². The molecule has 160 valence electrons. The van der Waals surface area contributed by atoms with Crippen molar-refractivity contribution in [1.82, 2.24) is 19.7 Å². The highest BCUT2D eigenvalue weighted by Crippen LogP contribution is 2.32. The SMILES string of the molecule is COc1nnc(Nc2ccc3c(c2)ncn3-c2cccc(C(F)(F)F)c2)c2ccccc12. The molecule has 0 saturated carbocycles. The van der Waals surface area contributed by atoms with Gasteiger partial charge in [-0.25, -0.2) is 4.98 Å². The first-order chi connectivity index (χ1) is 15.4. The van der Waals surface area contributed by atoms with Gasteiger partial charge in [0.05, 0.1) is 23.7 Å². The van der Waals surface area contributed by atoms with Crippen LogP contribution in [-0.2, 0) is 6.18 Å². The molecule has 9 heteroatoms. The molecule has 0 amide bonds. The Morgan fingerprint density at radius 3 is 2.50 bits per heavy atom. The van der Waals surface area contributed by atoms with Crippen molar-refractivity contribution in [3.63, 3.8) is 0 Å². The minimum atomic E-state index is -4.41. The molecule has 6 nitrogen and oxygen atoms in total. The summed E-state index contributed by atoms with van der Waals surface area (Å²) >= 11 is 0. The van der Waals surface area contributed by atoms with E-state index in [0.717, 1.165) is 28.6 Å². The van der Waals surface area contributed by atoms with Crippen LogP contribution in [0.3, 0.4) is 0 Å². The predicted octanol–water partition coefficient (Wildman–Crippen LogP) is 5.74. The first-order valence-electron chi connectivity index (χ1n) is 9.65. The Kier molecular flexibility index (Phi) is 4.66. The predicted molar refractivity (Wildman–Crippen MR) is 115 cm³/mol. The lowest BCUT2D eigenvalue weighted by atomic mass is 10.1. The van der Waals surface area contributed by atoms with E-state index in [1.54, 1.807) is 22.8 Å². The standard InChI is InChI=1S/C23H16F3N5O/c1-32-22-18-8-3-2-7-17(18)21(29-30-22)28-15-9-10-20-19(12-15)27-13-31(20)16-6-4-5-14(11-16)23(24,25)26/h2-13H,1H3,(H,28,29). The van der Waals surface area contributed by atoms with Crippen LogP contribution in [0.15, 0.2) is 73.1 Å². The number of benzene rings is 3. The van der Waals surface area contributed by atoms with E-state index in [1.165, 1.54) is 19.5 Å². The monoisotopic (exact) mass is 435 g/mol. The summed E-state index contributed by atoms with van der Waals surface area (Å²) in [7, 11) is 1.54. The van der Waals surface area contributed by atoms with Gasteiger partial charge in [0.1, 0.15) is 6.33 Å². The van der Waals surface area contributed by atoms with Crippen molar-refractivity contribution in [3.8, 4) is 11.6 Å². The van der Waals surface area contributed by atoms with Gasteiger partial charge in [0.25, 0.3) is 0 Å². The van der Waals surface area contributed by atoms with E-state index in [2.05, 4.69) is 20.5 Å². The van der Waals surface area contributed by atoms with Gasteiger partial charge in [-0.05, 0) is 42.5 Å². The number of anilines is 2. The highest BCUT2D eigenvalue weighted by Gasteiger charge is 2.30. The quantitative estimate of drug-likeness (QED) is 0.390. The molecule has 5 rings (SSSR count).